The maximum absolute atomic E-state index is 14.2. The highest BCUT2D eigenvalue weighted by Gasteiger charge is 2.61. The Morgan fingerprint density at radius 3 is 2.46 bits per heavy atom. The predicted molar refractivity (Wildman–Crippen MR) is 134 cm³/mol. The summed E-state index contributed by atoms with van der Waals surface area (Å²) in [5, 5.41) is 10.9. The fraction of sp³-hybridized carbons (Fsp3) is 0.733. The van der Waals surface area contributed by atoms with E-state index in [0.29, 0.717) is 47.2 Å². The van der Waals surface area contributed by atoms with Crippen molar-refractivity contribution >= 4 is 10.9 Å². The molecule has 0 saturated heterocycles. The Bertz CT molecular complexity index is 1210. The van der Waals surface area contributed by atoms with Gasteiger partial charge in [0.2, 0.25) is 0 Å². The SMILES string of the molecule is CC12CCC3C(C(O)CC4CCCCC43C)C1CCC2CCCc1ncc2c(F)c(F)c(F)c(F)c2n1. The van der Waals surface area contributed by atoms with E-state index in [4.69, 9.17) is 0 Å². The normalized spacial score (nSPS) is 39.3. The fourth-order valence-electron chi connectivity index (χ4n) is 9.63. The molecular formula is C30H38F4N2O. The van der Waals surface area contributed by atoms with Gasteiger partial charge in [-0.15, -0.1) is 0 Å². The standard InChI is InChI=1S/C30H38F4N2O/c1-29-12-4-3-6-17(29)14-21(37)23-19-10-9-16(30(19,2)13-11-20(23)29)7-5-8-22-35-15-18-24(31)25(32)26(33)27(34)28(18)36-22/h15-17,19-21,23,37H,3-14H2,1-2H3. The van der Waals surface area contributed by atoms with Crippen molar-refractivity contribution in [2.75, 3.05) is 0 Å². The van der Waals surface area contributed by atoms with E-state index in [1.165, 1.54) is 44.9 Å². The van der Waals surface area contributed by atoms with Gasteiger partial charge in [0, 0.05) is 12.6 Å². The zero-order valence-corrected chi connectivity index (χ0v) is 21.9. The summed E-state index contributed by atoms with van der Waals surface area (Å²) >= 11 is 0. The lowest BCUT2D eigenvalue weighted by molar-refractivity contribution is -0.162. The van der Waals surface area contributed by atoms with Gasteiger partial charge in [-0.2, -0.15) is 0 Å². The number of halogens is 4. The zero-order chi connectivity index (χ0) is 26.1. The predicted octanol–water partition coefficient (Wildman–Crippen LogP) is 7.53. The third-order valence-electron chi connectivity index (χ3n) is 11.6. The molecule has 4 fully saturated rings. The molecule has 4 saturated carbocycles. The van der Waals surface area contributed by atoms with E-state index in [1.807, 2.05) is 0 Å². The van der Waals surface area contributed by atoms with Gasteiger partial charge >= 0.3 is 0 Å². The molecule has 0 radical (unpaired) electrons. The number of aromatic nitrogens is 2. The van der Waals surface area contributed by atoms with E-state index < -0.39 is 34.2 Å². The topological polar surface area (TPSA) is 46.0 Å². The van der Waals surface area contributed by atoms with Crippen LogP contribution in [-0.2, 0) is 6.42 Å². The molecular weight excluding hydrogens is 480 g/mol. The maximum atomic E-state index is 14.2. The van der Waals surface area contributed by atoms with Crippen molar-refractivity contribution in [1.29, 1.82) is 0 Å². The van der Waals surface area contributed by atoms with Gasteiger partial charge in [-0.25, -0.2) is 27.5 Å². The maximum Gasteiger partial charge on any atom is 0.199 e. The molecule has 202 valence electrons. The fourth-order valence-corrected chi connectivity index (χ4v) is 9.63. The summed E-state index contributed by atoms with van der Waals surface area (Å²) in [5.74, 6) is -3.49. The van der Waals surface area contributed by atoms with Crippen LogP contribution in [0.25, 0.3) is 10.9 Å². The Balaban J connectivity index is 1.15. The summed E-state index contributed by atoms with van der Waals surface area (Å²) in [7, 11) is 0. The molecule has 7 heteroatoms. The number of benzene rings is 1. The third-order valence-corrected chi connectivity index (χ3v) is 11.6. The third kappa shape index (κ3) is 3.84. The van der Waals surface area contributed by atoms with Gasteiger partial charge in [0.05, 0.1) is 11.5 Å². The van der Waals surface area contributed by atoms with Crippen LogP contribution in [0.2, 0.25) is 0 Å². The lowest BCUT2D eigenvalue weighted by Crippen LogP contribution is -2.57. The number of hydrogen-bond donors (Lipinski definition) is 1. The van der Waals surface area contributed by atoms with Gasteiger partial charge in [-0.05, 0) is 98.2 Å². The van der Waals surface area contributed by atoms with Gasteiger partial charge < -0.3 is 5.11 Å². The molecule has 6 rings (SSSR count). The van der Waals surface area contributed by atoms with E-state index in [1.54, 1.807) is 0 Å². The number of aliphatic hydroxyl groups is 1. The lowest BCUT2D eigenvalue weighted by Gasteiger charge is -2.62. The number of rotatable bonds is 4. The van der Waals surface area contributed by atoms with Gasteiger partial charge in [0.25, 0.3) is 0 Å². The molecule has 0 spiro atoms. The molecule has 1 aromatic heterocycles. The summed E-state index contributed by atoms with van der Waals surface area (Å²) < 4.78 is 55.5. The van der Waals surface area contributed by atoms with Crippen LogP contribution in [0.15, 0.2) is 6.20 Å². The average molecular weight is 519 g/mol. The van der Waals surface area contributed by atoms with Crippen LogP contribution < -0.4 is 0 Å². The molecule has 4 aliphatic carbocycles. The highest BCUT2D eigenvalue weighted by atomic mass is 19.2. The Morgan fingerprint density at radius 1 is 0.892 bits per heavy atom. The number of hydrogen-bond acceptors (Lipinski definition) is 3. The first-order valence-corrected chi connectivity index (χ1v) is 14.3. The van der Waals surface area contributed by atoms with Gasteiger partial charge in [-0.1, -0.05) is 26.7 Å². The minimum atomic E-state index is -1.84. The molecule has 0 amide bonds. The first kappa shape index (κ1) is 25.5. The smallest absolute Gasteiger partial charge is 0.199 e. The summed E-state index contributed by atoms with van der Waals surface area (Å²) in [4.78, 5) is 8.16. The molecule has 1 aromatic carbocycles. The second-order valence-electron chi connectivity index (χ2n) is 13.1. The molecule has 4 aliphatic rings. The molecule has 1 N–H and O–H groups in total. The molecule has 8 atom stereocenters. The largest absolute Gasteiger partial charge is 0.393 e. The first-order chi connectivity index (χ1) is 17.6. The van der Waals surface area contributed by atoms with Crippen LogP contribution in [0.1, 0.15) is 90.3 Å². The minimum Gasteiger partial charge on any atom is -0.393 e. The lowest BCUT2D eigenvalue weighted by atomic mass is 9.44. The van der Waals surface area contributed by atoms with Crippen LogP contribution in [0.5, 0.6) is 0 Å². The monoisotopic (exact) mass is 518 g/mol. The minimum absolute atomic E-state index is 0.184. The van der Waals surface area contributed by atoms with Crippen molar-refractivity contribution in [2.24, 2.45) is 40.4 Å². The molecule has 3 nitrogen and oxygen atoms in total. The Morgan fingerprint density at radius 2 is 1.65 bits per heavy atom. The molecule has 37 heavy (non-hydrogen) atoms. The zero-order valence-electron chi connectivity index (χ0n) is 21.9. The molecule has 0 bridgehead atoms. The van der Waals surface area contributed by atoms with Crippen LogP contribution >= 0.6 is 0 Å². The summed E-state index contributed by atoms with van der Waals surface area (Å²) in [6.45, 7) is 4.96. The van der Waals surface area contributed by atoms with Gasteiger partial charge in [0.15, 0.2) is 23.3 Å². The van der Waals surface area contributed by atoms with Crippen molar-refractivity contribution in [3.63, 3.8) is 0 Å². The summed E-state index contributed by atoms with van der Waals surface area (Å²) in [6, 6.07) is 0. The highest BCUT2D eigenvalue weighted by molar-refractivity contribution is 5.79. The number of aryl methyl sites for hydroxylation is 1. The summed E-state index contributed by atoms with van der Waals surface area (Å²) in [5.41, 5.74) is 0.0835. The number of fused-ring (bicyclic) bond motifs is 6. The second kappa shape index (κ2) is 9.17. The molecule has 2 aromatic rings. The molecule has 1 heterocycles. The van der Waals surface area contributed by atoms with Gasteiger partial charge in [0.1, 0.15) is 11.3 Å². The highest BCUT2D eigenvalue weighted by Crippen LogP contribution is 2.67. The van der Waals surface area contributed by atoms with E-state index in [-0.39, 0.29) is 11.5 Å². The van der Waals surface area contributed by atoms with Crippen LogP contribution in [-0.4, -0.2) is 21.2 Å². The van der Waals surface area contributed by atoms with Crippen molar-refractivity contribution in [2.45, 2.75) is 97.0 Å². The van der Waals surface area contributed by atoms with Crippen LogP contribution in [0, 0.1) is 63.7 Å². The van der Waals surface area contributed by atoms with E-state index >= 15 is 0 Å². The Hall–Kier alpha value is -1.76. The molecule has 8 unspecified atom stereocenters. The first-order valence-electron chi connectivity index (χ1n) is 14.3. The van der Waals surface area contributed by atoms with Gasteiger partial charge in [-0.3, -0.25) is 0 Å². The number of nitrogens with zero attached hydrogens (tertiary/aromatic N) is 2. The Labute approximate surface area is 216 Å². The van der Waals surface area contributed by atoms with Crippen LogP contribution in [0.4, 0.5) is 17.6 Å². The van der Waals surface area contributed by atoms with Crippen LogP contribution in [0.3, 0.4) is 0 Å². The molecule has 0 aliphatic heterocycles. The van der Waals surface area contributed by atoms with E-state index in [9.17, 15) is 22.7 Å². The average Bonchev–Trinajstić information content (AvgIpc) is 3.22. The van der Waals surface area contributed by atoms with Crippen molar-refractivity contribution in [1.82, 2.24) is 9.97 Å². The van der Waals surface area contributed by atoms with Crippen molar-refractivity contribution < 1.29 is 22.7 Å². The van der Waals surface area contributed by atoms with Crippen molar-refractivity contribution in [3.05, 3.63) is 35.3 Å². The summed E-state index contributed by atoms with van der Waals surface area (Å²) in [6.07, 6.45) is 14.0. The second-order valence-corrected chi connectivity index (χ2v) is 13.1. The van der Waals surface area contributed by atoms with E-state index in [0.717, 1.165) is 31.9 Å². The van der Waals surface area contributed by atoms with E-state index in [2.05, 4.69) is 23.8 Å². The quantitative estimate of drug-likeness (QED) is 0.259. The number of aliphatic hydroxyl groups excluding tert-OH is 1. The Kier molecular flexibility index (Phi) is 6.32. The van der Waals surface area contributed by atoms with Crippen molar-refractivity contribution in [3.8, 4) is 0 Å².